The Morgan fingerprint density at radius 2 is 2.13 bits per heavy atom. The molecule has 0 fully saturated rings. The van der Waals surface area contributed by atoms with Gasteiger partial charge in [-0.05, 0) is 24.6 Å². The van der Waals surface area contributed by atoms with Crippen LogP contribution in [-0.4, -0.2) is 5.91 Å². The Hall–Kier alpha value is -0.730. The van der Waals surface area contributed by atoms with Gasteiger partial charge in [-0.15, -0.1) is 0 Å². The van der Waals surface area contributed by atoms with Crippen molar-refractivity contribution in [2.45, 2.75) is 20.3 Å². The van der Waals surface area contributed by atoms with E-state index in [1.54, 1.807) is 18.2 Å². The lowest BCUT2D eigenvalue weighted by Gasteiger charge is -2.11. The number of halogens is 2. The number of anilines is 1. The molecule has 1 rings (SSSR count). The van der Waals surface area contributed by atoms with E-state index in [2.05, 4.69) is 5.32 Å². The Labute approximate surface area is 99.6 Å². The van der Waals surface area contributed by atoms with Crippen molar-refractivity contribution >= 4 is 34.8 Å². The minimum absolute atomic E-state index is 0.0277. The Kier molecular flexibility index (Phi) is 4.43. The van der Waals surface area contributed by atoms with Gasteiger partial charge in [-0.1, -0.05) is 37.0 Å². The summed E-state index contributed by atoms with van der Waals surface area (Å²) in [5, 5.41) is 3.80. The van der Waals surface area contributed by atoms with E-state index in [0.29, 0.717) is 15.7 Å². The molecule has 0 aliphatic carbocycles. The Morgan fingerprint density at radius 3 is 2.73 bits per heavy atom. The summed E-state index contributed by atoms with van der Waals surface area (Å²) in [6.45, 7) is 3.83. The molecule has 0 radical (unpaired) electrons. The maximum atomic E-state index is 11.6. The number of hydrogen-bond donors (Lipinski definition) is 1. The largest absolute Gasteiger partial charge is 0.324 e. The summed E-state index contributed by atoms with van der Waals surface area (Å²) in [6.07, 6.45) is 0.796. The molecular weight excluding hydrogens is 233 g/mol. The Bertz CT molecular complexity index is 366. The summed E-state index contributed by atoms with van der Waals surface area (Å²) in [5.74, 6) is -0.0679. The Morgan fingerprint density at radius 1 is 1.47 bits per heavy atom. The van der Waals surface area contributed by atoms with Gasteiger partial charge in [0.05, 0.1) is 10.7 Å². The second-order valence-electron chi connectivity index (χ2n) is 3.42. The zero-order valence-corrected chi connectivity index (χ0v) is 10.2. The quantitative estimate of drug-likeness (QED) is 0.858. The molecule has 0 spiro atoms. The third-order valence-corrected chi connectivity index (χ3v) is 2.81. The highest BCUT2D eigenvalue weighted by Crippen LogP contribution is 2.25. The number of benzene rings is 1. The van der Waals surface area contributed by atoms with Gasteiger partial charge in [-0.3, -0.25) is 4.79 Å². The maximum Gasteiger partial charge on any atom is 0.227 e. The highest BCUT2D eigenvalue weighted by atomic mass is 35.5. The Balaban J connectivity index is 2.80. The van der Waals surface area contributed by atoms with E-state index in [0.717, 1.165) is 6.42 Å². The van der Waals surface area contributed by atoms with Crippen molar-refractivity contribution in [1.82, 2.24) is 0 Å². The molecule has 0 aliphatic rings. The molecule has 15 heavy (non-hydrogen) atoms. The standard InChI is InChI=1S/C11H13Cl2NO/c1-3-7(2)11(15)14-10-6-8(12)4-5-9(10)13/h4-7H,3H2,1-2H3,(H,14,15)/t7-/m1/s1. The van der Waals surface area contributed by atoms with E-state index >= 15 is 0 Å². The van der Waals surface area contributed by atoms with E-state index < -0.39 is 0 Å². The third kappa shape index (κ3) is 3.40. The summed E-state index contributed by atoms with van der Waals surface area (Å²) >= 11 is 11.7. The van der Waals surface area contributed by atoms with Crippen LogP contribution in [0.2, 0.25) is 10.0 Å². The van der Waals surface area contributed by atoms with Crippen LogP contribution in [0, 0.1) is 5.92 Å². The smallest absolute Gasteiger partial charge is 0.227 e. The second-order valence-corrected chi connectivity index (χ2v) is 4.27. The van der Waals surface area contributed by atoms with Gasteiger partial charge in [0.25, 0.3) is 0 Å². The molecule has 0 saturated carbocycles. The molecule has 1 aromatic carbocycles. The monoisotopic (exact) mass is 245 g/mol. The van der Waals surface area contributed by atoms with Gasteiger partial charge in [-0.25, -0.2) is 0 Å². The lowest BCUT2D eigenvalue weighted by molar-refractivity contribution is -0.119. The van der Waals surface area contributed by atoms with E-state index in [1.165, 1.54) is 0 Å². The molecule has 4 heteroatoms. The molecule has 1 aromatic rings. The highest BCUT2D eigenvalue weighted by molar-refractivity contribution is 6.35. The lowest BCUT2D eigenvalue weighted by atomic mass is 10.1. The first kappa shape index (κ1) is 12.3. The number of hydrogen-bond acceptors (Lipinski definition) is 1. The summed E-state index contributed by atoms with van der Waals surface area (Å²) in [6, 6.07) is 4.99. The van der Waals surface area contributed by atoms with Gasteiger partial charge < -0.3 is 5.32 Å². The molecule has 82 valence electrons. The van der Waals surface area contributed by atoms with Crippen LogP contribution in [0.1, 0.15) is 20.3 Å². The first-order valence-electron chi connectivity index (χ1n) is 4.80. The fraction of sp³-hybridized carbons (Fsp3) is 0.364. The van der Waals surface area contributed by atoms with Crippen molar-refractivity contribution in [3.8, 4) is 0 Å². The summed E-state index contributed by atoms with van der Waals surface area (Å²) < 4.78 is 0. The number of rotatable bonds is 3. The van der Waals surface area contributed by atoms with Crippen LogP contribution in [0.25, 0.3) is 0 Å². The second kappa shape index (κ2) is 5.38. The predicted molar refractivity (Wildman–Crippen MR) is 64.5 cm³/mol. The van der Waals surface area contributed by atoms with Crippen molar-refractivity contribution in [3.05, 3.63) is 28.2 Å². The normalized spacial score (nSPS) is 12.3. The van der Waals surface area contributed by atoms with Gasteiger partial charge in [-0.2, -0.15) is 0 Å². The minimum Gasteiger partial charge on any atom is -0.324 e. The molecule has 2 nitrogen and oxygen atoms in total. The molecule has 0 bridgehead atoms. The first-order valence-corrected chi connectivity index (χ1v) is 5.56. The van der Waals surface area contributed by atoms with Gasteiger partial charge in [0.2, 0.25) is 5.91 Å². The predicted octanol–water partition coefficient (Wildman–Crippen LogP) is 3.98. The van der Waals surface area contributed by atoms with E-state index in [1.807, 2.05) is 13.8 Å². The van der Waals surface area contributed by atoms with Crippen molar-refractivity contribution in [2.24, 2.45) is 5.92 Å². The minimum atomic E-state index is -0.0401. The van der Waals surface area contributed by atoms with Crippen LogP contribution in [-0.2, 0) is 4.79 Å². The van der Waals surface area contributed by atoms with Gasteiger partial charge in [0.1, 0.15) is 0 Å². The van der Waals surface area contributed by atoms with E-state index in [4.69, 9.17) is 23.2 Å². The fourth-order valence-corrected chi connectivity index (χ4v) is 1.37. The van der Waals surface area contributed by atoms with E-state index in [-0.39, 0.29) is 11.8 Å². The van der Waals surface area contributed by atoms with Crippen molar-refractivity contribution in [3.63, 3.8) is 0 Å². The highest BCUT2D eigenvalue weighted by Gasteiger charge is 2.12. The van der Waals surface area contributed by atoms with Crippen LogP contribution in [0.4, 0.5) is 5.69 Å². The maximum absolute atomic E-state index is 11.6. The van der Waals surface area contributed by atoms with Crippen molar-refractivity contribution < 1.29 is 4.79 Å². The molecule has 0 aromatic heterocycles. The zero-order valence-electron chi connectivity index (χ0n) is 8.68. The lowest BCUT2D eigenvalue weighted by Crippen LogP contribution is -2.19. The molecule has 1 amide bonds. The molecular formula is C11H13Cl2NO. The number of amides is 1. The summed E-state index contributed by atoms with van der Waals surface area (Å²) in [5.41, 5.74) is 0.564. The molecule has 0 aliphatic heterocycles. The average Bonchev–Trinajstić information content (AvgIpc) is 2.22. The van der Waals surface area contributed by atoms with Gasteiger partial charge in [0.15, 0.2) is 0 Å². The molecule has 0 unspecified atom stereocenters. The van der Waals surface area contributed by atoms with Crippen LogP contribution >= 0.6 is 23.2 Å². The van der Waals surface area contributed by atoms with Crippen LogP contribution in [0.5, 0.6) is 0 Å². The van der Waals surface area contributed by atoms with Crippen LogP contribution in [0.3, 0.4) is 0 Å². The van der Waals surface area contributed by atoms with Gasteiger partial charge >= 0.3 is 0 Å². The first-order chi connectivity index (χ1) is 7.04. The molecule has 0 heterocycles. The van der Waals surface area contributed by atoms with Crippen LogP contribution < -0.4 is 5.32 Å². The van der Waals surface area contributed by atoms with Crippen molar-refractivity contribution in [2.75, 3.05) is 5.32 Å². The summed E-state index contributed by atoms with van der Waals surface area (Å²) in [7, 11) is 0. The number of carbonyl (C=O) groups is 1. The number of nitrogens with one attached hydrogen (secondary N) is 1. The topological polar surface area (TPSA) is 29.1 Å². The number of carbonyl (C=O) groups excluding carboxylic acids is 1. The van der Waals surface area contributed by atoms with Crippen LogP contribution in [0.15, 0.2) is 18.2 Å². The zero-order chi connectivity index (χ0) is 11.4. The fourth-order valence-electron chi connectivity index (χ4n) is 1.03. The molecule has 1 atom stereocenters. The van der Waals surface area contributed by atoms with Gasteiger partial charge in [0, 0.05) is 10.9 Å². The SMILES string of the molecule is CC[C@@H](C)C(=O)Nc1cc(Cl)ccc1Cl. The van der Waals surface area contributed by atoms with E-state index in [9.17, 15) is 4.79 Å². The third-order valence-electron chi connectivity index (χ3n) is 2.25. The molecule has 1 N–H and O–H groups in total. The summed E-state index contributed by atoms with van der Waals surface area (Å²) in [4.78, 5) is 11.6. The molecule has 0 saturated heterocycles. The van der Waals surface area contributed by atoms with Crippen molar-refractivity contribution in [1.29, 1.82) is 0 Å². The average molecular weight is 246 g/mol.